The lowest BCUT2D eigenvalue weighted by molar-refractivity contribution is 0.369. The van der Waals surface area contributed by atoms with Gasteiger partial charge in [0.2, 0.25) is 0 Å². The van der Waals surface area contributed by atoms with E-state index < -0.39 is 0 Å². The lowest BCUT2D eigenvalue weighted by Gasteiger charge is -2.29. The topological polar surface area (TPSA) is 41.4 Å². The van der Waals surface area contributed by atoms with Crippen molar-refractivity contribution in [1.29, 1.82) is 0 Å². The number of aromatic nitrogens is 1. The van der Waals surface area contributed by atoms with Gasteiger partial charge >= 0.3 is 0 Å². The van der Waals surface area contributed by atoms with Crippen molar-refractivity contribution in [2.45, 2.75) is 83.7 Å². The Labute approximate surface area is 231 Å². The fourth-order valence-corrected chi connectivity index (χ4v) is 6.20. The van der Waals surface area contributed by atoms with E-state index in [1.807, 2.05) is 13.3 Å². The number of nitrogens with zero attached hydrogens (tertiary/aromatic N) is 2. The van der Waals surface area contributed by atoms with Crippen molar-refractivity contribution in [2.75, 3.05) is 13.6 Å². The maximum absolute atomic E-state index is 4.41. The van der Waals surface area contributed by atoms with Crippen molar-refractivity contribution < 1.29 is 0 Å². The molecule has 204 valence electrons. The molecule has 0 bridgehead atoms. The van der Waals surface area contributed by atoms with Crippen LogP contribution < -0.4 is 10.6 Å². The van der Waals surface area contributed by atoms with Gasteiger partial charge in [-0.3, -0.25) is 4.99 Å². The molecule has 1 aliphatic heterocycles. The first-order valence-electron chi connectivity index (χ1n) is 14.9. The first-order chi connectivity index (χ1) is 18.6. The zero-order valence-electron chi connectivity index (χ0n) is 24.0. The fraction of sp³-hybridized carbons (Fsp3) is 0.500. The van der Waals surface area contributed by atoms with Crippen molar-refractivity contribution in [1.82, 2.24) is 15.2 Å². The van der Waals surface area contributed by atoms with Crippen LogP contribution in [-0.2, 0) is 7.05 Å². The number of aryl methyl sites for hydroxylation is 1. The molecule has 1 aliphatic carbocycles. The molecule has 4 heteroatoms. The minimum Gasteiger partial charge on any atom is -0.378 e. The molecule has 2 aromatic rings. The van der Waals surface area contributed by atoms with E-state index in [0.29, 0.717) is 6.04 Å². The Morgan fingerprint density at radius 3 is 2.68 bits per heavy atom. The third-order valence-corrected chi connectivity index (χ3v) is 8.17. The quantitative estimate of drug-likeness (QED) is 0.213. The van der Waals surface area contributed by atoms with Crippen molar-refractivity contribution in [3.05, 3.63) is 77.7 Å². The van der Waals surface area contributed by atoms with Crippen LogP contribution in [0.3, 0.4) is 0 Å². The molecule has 3 atom stereocenters. The number of aliphatic imine (C=N–C) groups is 1. The molecular weight excluding hydrogens is 464 g/mol. The summed E-state index contributed by atoms with van der Waals surface area (Å²) in [6.07, 6.45) is 24.7. The second kappa shape index (κ2) is 14.3. The van der Waals surface area contributed by atoms with Crippen LogP contribution in [0.5, 0.6) is 0 Å². The predicted molar refractivity (Wildman–Crippen MR) is 165 cm³/mol. The summed E-state index contributed by atoms with van der Waals surface area (Å²) < 4.78 is 2.11. The maximum Gasteiger partial charge on any atom is 0.0520 e. The third kappa shape index (κ3) is 7.38. The number of rotatable bonds is 13. The lowest BCUT2D eigenvalue weighted by Crippen LogP contribution is -2.33. The van der Waals surface area contributed by atoms with E-state index in [9.17, 15) is 0 Å². The summed E-state index contributed by atoms with van der Waals surface area (Å²) in [5.41, 5.74) is 7.61. The molecule has 1 saturated carbocycles. The Balaban J connectivity index is 1.50. The van der Waals surface area contributed by atoms with E-state index in [-0.39, 0.29) is 0 Å². The summed E-state index contributed by atoms with van der Waals surface area (Å²) in [5, 5.41) is 7.68. The SMILES string of the molecule is CCC/C=C(\C=NC)C1=CC=C(c2cccc(-c3ccn(C)c3)c2)NC1CCCCC1CCCC1NCC. The molecule has 0 amide bonds. The van der Waals surface area contributed by atoms with Crippen LogP contribution >= 0.6 is 0 Å². The number of benzene rings is 1. The Hall–Kier alpha value is -2.85. The molecule has 1 aromatic carbocycles. The zero-order valence-corrected chi connectivity index (χ0v) is 24.0. The van der Waals surface area contributed by atoms with Gasteiger partial charge in [-0.05, 0) is 90.6 Å². The minimum absolute atomic E-state index is 0.296. The number of allylic oxidation sites excluding steroid dienone is 3. The molecule has 0 saturated heterocycles. The van der Waals surface area contributed by atoms with Gasteiger partial charge in [0, 0.05) is 44.4 Å². The second-order valence-corrected chi connectivity index (χ2v) is 11.0. The Morgan fingerprint density at radius 1 is 1.08 bits per heavy atom. The van der Waals surface area contributed by atoms with E-state index in [1.54, 1.807) is 0 Å². The van der Waals surface area contributed by atoms with Crippen molar-refractivity contribution in [3.63, 3.8) is 0 Å². The standard InChI is InChI=1S/C34H48N4/c1-5-7-12-29(24-35-3)31-19-20-33(28-16-10-15-27(23-28)30-21-22-38(4)25-30)37-34(31)17-9-8-13-26-14-11-18-32(26)36-6-2/h10,12,15-16,19-26,32,34,36-37H,5-9,11,13-14,17-18H2,1-4H3/b29-12+,35-24?. The van der Waals surface area contributed by atoms with E-state index in [1.165, 1.54) is 72.1 Å². The average molecular weight is 513 g/mol. The number of nitrogens with one attached hydrogen (secondary N) is 2. The molecule has 4 rings (SSSR count). The summed E-state index contributed by atoms with van der Waals surface area (Å²) in [5.74, 6) is 0.854. The third-order valence-electron chi connectivity index (χ3n) is 8.17. The summed E-state index contributed by atoms with van der Waals surface area (Å²) in [7, 11) is 3.95. The summed E-state index contributed by atoms with van der Waals surface area (Å²) >= 11 is 0. The molecule has 3 unspecified atom stereocenters. The summed E-state index contributed by atoms with van der Waals surface area (Å²) in [6, 6.07) is 12.1. The van der Waals surface area contributed by atoms with E-state index in [2.05, 4.69) is 102 Å². The van der Waals surface area contributed by atoms with Crippen LogP contribution in [0.2, 0.25) is 0 Å². The molecule has 38 heavy (non-hydrogen) atoms. The number of hydrogen-bond donors (Lipinski definition) is 2. The molecule has 2 heterocycles. The van der Waals surface area contributed by atoms with Gasteiger partial charge in [0.15, 0.2) is 0 Å². The fourth-order valence-electron chi connectivity index (χ4n) is 6.20. The van der Waals surface area contributed by atoms with Gasteiger partial charge < -0.3 is 15.2 Å². The van der Waals surface area contributed by atoms with Gasteiger partial charge in [0.1, 0.15) is 0 Å². The van der Waals surface area contributed by atoms with Crippen molar-refractivity contribution >= 4 is 11.9 Å². The van der Waals surface area contributed by atoms with Crippen LogP contribution in [0.25, 0.3) is 16.8 Å². The first kappa shape index (κ1) is 28.2. The largest absolute Gasteiger partial charge is 0.378 e. The van der Waals surface area contributed by atoms with E-state index >= 15 is 0 Å². The van der Waals surface area contributed by atoms with Gasteiger partial charge in [-0.2, -0.15) is 0 Å². The van der Waals surface area contributed by atoms with Crippen LogP contribution in [0.15, 0.2) is 77.1 Å². The molecule has 0 spiro atoms. The van der Waals surface area contributed by atoms with Gasteiger partial charge in [-0.15, -0.1) is 0 Å². The normalized spacial score (nSPS) is 22.0. The predicted octanol–water partition coefficient (Wildman–Crippen LogP) is 7.70. The van der Waals surface area contributed by atoms with Crippen molar-refractivity contribution in [2.24, 2.45) is 18.0 Å². The number of dihydropyridines is 1. The van der Waals surface area contributed by atoms with Gasteiger partial charge in [0.05, 0.1) is 6.04 Å². The summed E-state index contributed by atoms with van der Waals surface area (Å²) in [6.45, 7) is 5.57. The highest BCUT2D eigenvalue weighted by Gasteiger charge is 2.26. The summed E-state index contributed by atoms with van der Waals surface area (Å²) in [4.78, 5) is 4.41. The van der Waals surface area contributed by atoms with Crippen LogP contribution in [-0.4, -0.2) is 36.5 Å². The second-order valence-electron chi connectivity index (χ2n) is 11.0. The molecule has 1 fully saturated rings. The molecule has 0 radical (unpaired) electrons. The number of unbranched alkanes of at least 4 members (excludes halogenated alkanes) is 2. The lowest BCUT2D eigenvalue weighted by atomic mass is 9.88. The molecule has 2 N–H and O–H groups in total. The van der Waals surface area contributed by atoms with Gasteiger partial charge in [-0.25, -0.2) is 0 Å². The minimum atomic E-state index is 0.296. The number of hydrogen-bond acceptors (Lipinski definition) is 3. The molecule has 2 aliphatic rings. The molecule has 4 nitrogen and oxygen atoms in total. The van der Waals surface area contributed by atoms with Crippen LogP contribution in [0.4, 0.5) is 0 Å². The Morgan fingerprint density at radius 2 is 1.92 bits per heavy atom. The highest BCUT2D eigenvalue weighted by atomic mass is 14.9. The highest BCUT2D eigenvalue weighted by molar-refractivity contribution is 5.86. The Kier molecular flexibility index (Phi) is 10.6. The van der Waals surface area contributed by atoms with E-state index in [0.717, 1.165) is 37.8 Å². The van der Waals surface area contributed by atoms with Crippen molar-refractivity contribution in [3.8, 4) is 11.1 Å². The maximum atomic E-state index is 4.41. The molecular formula is C34H48N4. The Bertz CT molecular complexity index is 1150. The van der Waals surface area contributed by atoms with Gasteiger partial charge in [0.25, 0.3) is 0 Å². The van der Waals surface area contributed by atoms with Gasteiger partial charge in [-0.1, -0.05) is 69.9 Å². The zero-order chi connectivity index (χ0) is 26.7. The van der Waals surface area contributed by atoms with Crippen LogP contribution in [0, 0.1) is 5.92 Å². The smallest absolute Gasteiger partial charge is 0.0520 e. The average Bonchev–Trinajstić information content (AvgIpc) is 3.58. The molecule has 1 aromatic heterocycles. The first-order valence-corrected chi connectivity index (χ1v) is 14.9. The van der Waals surface area contributed by atoms with E-state index in [4.69, 9.17) is 0 Å². The highest BCUT2D eigenvalue weighted by Crippen LogP contribution is 2.32. The van der Waals surface area contributed by atoms with Crippen LogP contribution in [0.1, 0.15) is 77.2 Å². The monoisotopic (exact) mass is 512 g/mol.